The summed E-state index contributed by atoms with van der Waals surface area (Å²) in [4.78, 5) is 0. The molecule has 102 valence electrons. The van der Waals surface area contributed by atoms with Crippen LogP contribution in [0, 0.1) is 0 Å². The van der Waals surface area contributed by atoms with E-state index in [4.69, 9.17) is 9.47 Å². The molecule has 1 atom stereocenters. The Hall–Kier alpha value is -0.120. The van der Waals surface area contributed by atoms with E-state index in [9.17, 15) is 0 Å². The molecule has 0 amide bonds. The molecule has 1 rings (SSSR count). The minimum atomic E-state index is -0.0617. The van der Waals surface area contributed by atoms with Gasteiger partial charge in [0.05, 0.1) is 11.2 Å². The van der Waals surface area contributed by atoms with Crippen LogP contribution in [0.5, 0.6) is 0 Å². The number of hydrogen-bond acceptors (Lipinski definition) is 3. The summed E-state index contributed by atoms with van der Waals surface area (Å²) < 4.78 is 11.5. The first-order valence-corrected chi connectivity index (χ1v) is 6.89. The van der Waals surface area contributed by atoms with Gasteiger partial charge in [0.2, 0.25) is 0 Å². The molecule has 0 aromatic heterocycles. The van der Waals surface area contributed by atoms with E-state index in [-0.39, 0.29) is 11.2 Å². The molecular formula is C14H29NO2. The van der Waals surface area contributed by atoms with Crippen molar-refractivity contribution in [1.82, 2.24) is 5.32 Å². The van der Waals surface area contributed by atoms with Crippen molar-refractivity contribution in [2.75, 3.05) is 19.8 Å². The highest BCUT2D eigenvalue weighted by molar-refractivity contribution is 4.98. The lowest BCUT2D eigenvalue weighted by Crippen LogP contribution is -2.43. The van der Waals surface area contributed by atoms with Gasteiger partial charge in [-0.3, -0.25) is 0 Å². The maximum absolute atomic E-state index is 6.05. The van der Waals surface area contributed by atoms with Crippen molar-refractivity contribution in [3.63, 3.8) is 0 Å². The Morgan fingerprint density at radius 3 is 2.47 bits per heavy atom. The highest BCUT2D eigenvalue weighted by atomic mass is 16.5. The molecule has 0 saturated carbocycles. The minimum Gasteiger partial charge on any atom is -0.381 e. The van der Waals surface area contributed by atoms with Gasteiger partial charge >= 0.3 is 0 Å². The van der Waals surface area contributed by atoms with Gasteiger partial charge in [-0.25, -0.2) is 0 Å². The summed E-state index contributed by atoms with van der Waals surface area (Å²) in [5, 5.41) is 3.60. The second kappa shape index (κ2) is 6.17. The zero-order chi connectivity index (χ0) is 12.9. The Morgan fingerprint density at radius 2 is 1.94 bits per heavy atom. The molecule has 1 heterocycles. The van der Waals surface area contributed by atoms with Crippen molar-refractivity contribution in [2.24, 2.45) is 0 Å². The molecule has 0 aromatic rings. The Morgan fingerprint density at radius 1 is 1.24 bits per heavy atom. The summed E-state index contributed by atoms with van der Waals surface area (Å²) in [6.45, 7) is 13.6. The van der Waals surface area contributed by atoms with Crippen molar-refractivity contribution in [1.29, 1.82) is 0 Å². The van der Waals surface area contributed by atoms with Gasteiger partial charge < -0.3 is 14.8 Å². The predicted molar refractivity (Wildman–Crippen MR) is 71.4 cm³/mol. The topological polar surface area (TPSA) is 30.5 Å². The van der Waals surface area contributed by atoms with Gasteiger partial charge in [-0.1, -0.05) is 6.92 Å². The Bertz CT molecular complexity index is 226. The van der Waals surface area contributed by atoms with E-state index in [0.717, 1.165) is 39.0 Å². The third-order valence-electron chi connectivity index (χ3n) is 3.28. The first-order valence-electron chi connectivity index (χ1n) is 6.89. The zero-order valence-corrected chi connectivity index (χ0v) is 12.1. The van der Waals surface area contributed by atoms with Crippen LogP contribution in [0.3, 0.4) is 0 Å². The van der Waals surface area contributed by atoms with Gasteiger partial charge in [-0.05, 0) is 53.5 Å². The van der Waals surface area contributed by atoms with Crippen molar-refractivity contribution in [3.8, 4) is 0 Å². The fourth-order valence-electron chi connectivity index (χ4n) is 2.58. The normalized spacial score (nSPS) is 26.3. The van der Waals surface area contributed by atoms with E-state index in [1.165, 1.54) is 0 Å². The molecule has 17 heavy (non-hydrogen) atoms. The number of rotatable bonds is 7. The quantitative estimate of drug-likeness (QED) is 0.697. The summed E-state index contributed by atoms with van der Waals surface area (Å²) in [6.07, 6.45) is 3.26. The van der Waals surface area contributed by atoms with Gasteiger partial charge in [0.1, 0.15) is 0 Å². The highest BCUT2D eigenvalue weighted by Crippen LogP contribution is 2.37. The fraction of sp³-hybridized carbons (Fsp3) is 1.00. The van der Waals surface area contributed by atoms with Crippen molar-refractivity contribution in [2.45, 2.75) is 71.1 Å². The van der Waals surface area contributed by atoms with E-state index in [2.05, 4.69) is 39.9 Å². The van der Waals surface area contributed by atoms with Crippen LogP contribution in [-0.2, 0) is 9.47 Å². The highest BCUT2D eigenvalue weighted by Gasteiger charge is 2.45. The van der Waals surface area contributed by atoms with E-state index < -0.39 is 0 Å². The molecule has 0 radical (unpaired) electrons. The van der Waals surface area contributed by atoms with Crippen molar-refractivity contribution in [3.05, 3.63) is 0 Å². The van der Waals surface area contributed by atoms with Gasteiger partial charge in [0, 0.05) is 19.3 Å². The smallest absolute Gasteiger partial charge is 0.0787 e. The molecule has 0 spiro atoms. The molecule has 1 unspecified atom stereocenters. The third kappa shape index (κ3) is 4.94. The average Bonchev–Trinajstić information content (AvgIpc) is 2.40. The lowest BCUT2D eigenvalue weighted by molar-refractivity contribution is -0.0698. The molecule has 3 heteroatoms. The summed E-state index contributed by atoms with van der Waals surface area (Å²) in [5.41, 5.74) is -0.0619. The molecular weight excluding hydrogens is 214 g/mol. The first kappa shape index (κ1) is 14.9. The lowest BCUT2D eigenvalue weighted by atomic mass is 9.94. The fourth-order valence-corrected chi connectivity index (χ4v) is 2.58. The second-order valence-corrected chi connectivity index (χ2v) is 6.14. The second-order valence-electron chi connectivity index (χ2n) is 6.14. The minimum absolute atomic E-state index is 0.000122. The van der Waals surface area contributed by atoms with Gasteiger partial charge in [0.15, 0.2) is 0 Å². The first-order chi connectivity index (χ1) is 7.87. The Balaban J connectivity index is 2.19. The molecule has 1 aliphatic rings. The summed E-state index contributed by atoms with van der Waals surface area (Å²) in [6, 6.07) is 0.448. The standard InChI is InChI=1S/C14H29NO2/c1-6-9-16-10-7-8-15-12-11-13(2,3)17-14(12,4)5/h12,15H,6-11H2,1-5H3. The predicted octanol–water partition coefficient (Wildman–Crippen LogP) is 2.74. The van der Waals surface area contributed by atoms with Crippen LogP contribution in [0.1, 0.15) is 53.9 Å². The lowest BCUT2D eigenvalue weighted by Gasteiger charge is -2.27. The Labute approximate surface area is 106 Å². The number of ether oxygens (including phenoxy) is 2. The maximum Gasteiger partial charge on any atom is 0.0787 e. The molecule has 0 aliphatic carbocycles. The van der Waals surface area contributed by atoms with Crippen LogP contribution in [-0.4, -0.2) is 37.0 Å². The summed E-state index contributed by atoms with van der Waals surface area (Å²) in [7, 11) is 0. The van der Waals surface area contributed by atoms with Gasteiger partial charge in [-0.15, -0.1) is 0 Å². The molecule has 1 fully saturated rings. The third-order valence-corrected chi connectivity index (χ3v) is 3.28. The molecule has 1 aliphatic heterocycles. The SMILES string of the molecule is CCCOCCCNC1CC(C)(C)OC1(C)C. The van der Waals surface area contributed by atoms with Crippen LogP contribution in [0.15, 0.2) is 0 Å². The zero-order valence-electron chi connectivity index (χ0n) is 12.1. The van der Waals surface area contributed by atoms with E-state index in [1.807, 2.05) is 0 Å². The largest absolute Gasteiger partial charge is 0.381 e. The van der Waals surface area contributed by atoms with Crippen LogP contribution in [0.4, 0.5) is 0 Å². The number of hydrogen-bond donors (Lipinski definition) is 1. The van der Waals surface area contributed by atoms with Crippen molar-refractivity contribution >= 4 is 0 Å². The van der Waals surface area contributed by atoms with E-state index in [0.29, 0.717) is 6.04 Å². The summed E-state index contributed by atoms with van der Waals surface area (Å²) >= 11 is 0. The van der Waals surface area contributed by atoms with Crippen LogP contribution in [0.2, 0.25) is 0 Å². The van der Waals surface area contributed by atoms with E-state index in [1.54, 1.807) is 0 Å². The van der Waals surface area contributed by atoms with E-state index >= 15 is 0 Å². The van der Waals surface area contributed by atoms with Gasteiger partial charge in [-0.2, -0.15) is 0 Å². The molecule has 1 N–H and O–H groups in total. The van der Waals surface area contributed by atoms with Crippen LogP contribution < -0.4 is 5.32 Å². The molecule has 0 aromatic carbocycles. The van der Waals surface area contributed by atoms with Gasteiger partial charge in [0.25, 0.3) is 0 Å². The molecule has 0 bridgehead atoms. The summed E-state index contributed by atoms with van der Waals surface area (Å²) in [5.74, 6) is 0. The molecule has 3 nitrogen and oxygen atoms in total. The Kier molecular flexibility index (Phi) is 5.42. The van der Waals surface area contributed by atoms with Crippen LogP contribution in [0.25, 0.3) is 0 Å². The van der Waals surface area contributed by atoms with Crippen molar-refractivity contribution < 1.29 is 9.47 Å². The molecule has 1 saturated heterocycles. The monoisotopic (exact) mass is 243 g/mol. The van der Waals surface area contributed by atoms with Crippen LogP contribution >= 0.6 is 0 Å². The number of nitrogens with one attached hydrogen (secondary N) is 1. The maximum atomic E-state index is 6.05. The average molecular weight is 243 g/mol.